The number of carboxylic acid groups (broad SMARTS) is 1. The summed E-state index contributed by atoms with van der Waals surface area (Å²) in [4.78, 5) is 34.1. The quantitative estimate of drug-likeness (QED) is 0.717. The highest BCUT2D eigenvalue weighted by Crippen LogP contribution is 2.04. The van der Waals surface area contributed by atoms with Crippen LogP contribution in [0.15, 0.2) is 6.20 Å². The molecule has 0 atom stereocenters. The van der Waals surface area contributed by atoms with Crippen LogP contribution in [-0.2, 0) is 16.1 Å². The zero-order chi connectivity index (χ0) is 12.4. The van der Waals surface area contributed by atoms with Gasteiger partial charge in [0.2, 0.25) is 0 Å². The van der Waals surface area contributed by atoms with Gasteiger partial charge in [0.15, 0.2) is 5.69 Å². The Bertz CT molecular complexity index is 482. The Morgan fingerprint density at radius 1 is 1.53 bits per heavy atom. The summed E-state index contributed by atoms with van der Waals surface area (Å²) in [7, 11) is 0. The van der Waals surface area contributed by atoms with Crippen LogP contribution in [0.1, 0.15) is 10.5 Å². The van der Waals surface area contributed by atoms with Crippen LogP contribution in [-0.4, -0.2) is 56.1 Å². The molecule has 0 unspecified atom stereocenters. The van der Waals surface area contributed by atoms with Crippen LogP contribution in [0, 0.1) is 0 Å². The number of nitrogens with zero attached hydrogens (tertiary/aromatic N) is 4. The lowest BCUT2D eigenvalue weighted by molar-refractivity contribution is -0.128. The van der Waals surface area contributed by atoms with Crippen molar-refractivity contribution in [3.8, 4) is 0 Å². The van der Waals surface area contributed by atoms with Gasteiger partial charge >= 0.3 is 12.1 Å². The van der Waals surface area contributed by atoms with Gasteiger partial charge in [-0.2, -0.15) is 0 Å². The minimum Gasteiger partial charge on any atom is -0.476 e. The Morgan fingerprint density at radius 3 is 2.82 bits per heavy atom. The van der Waals surface area contributed by atoms with Crippen molar-refractivity contribution in [3.63, 3.8) is 0 Å². The molecule has 1 aromatic heterocycles. The van der Waals surface area contributed by atoms with Crippen LogP contribution in [0.5, 0.6) is 0 Å². The lowest BCUT2D eigenvalue weighted by Crippen LogP contribution is -2.34. The van der Waals surface area contributed by atoms with E-state index in [-0.39, 0.29) is 25.4 Å². The molecule has 9 heteroatoms. The van der Waals surface area contributed by atoms with Crippen LogP contribution in [0.25, 0.3) is 0 Å². The summed E-state index contributed by atoms with van der Waals surface area (Å²) in [5, 5.41) is 15.4. The molecule has 0 radical (unpaired) electrons. The van der Waals surface area contributed by atoms with Crippen LogP contribution < -0.4 is 0 Å². The number of cyclic esters (lactones) is 1. The van der Waals surface area contributed by atoms with Crippen molar-refractivity contribution in [2.75, 3.05) is 13.2 Å². The van der Waals surface area contributed by atoms with Crippen molar-refractivity contribution in [2.24, 2.45) is 0 Å². The van der Waals surface area contributed by atoms with Gasteiger partial charge in [0, 0.05) is 0 Å². The molecule has 1 saturated heterocycles. The number of hydrogen-bond donors (Lipinski definition) is 1. The molecule has 17 heavy (non-hydrogen) atoms. The molecule has 0 spiro atoms. The van der Waals surface area contributed by atoms with E-state index < -0.39 is 18.0 Å². The van der Waals surface area contributed by atoms with Gasteiger partial charge in [-0.05, 0) is 0 Å². The topological polar surface area (TPSA) is 115 Å². The van der Waals surface area contributed by atoms with Crippen molar-refractivity contribution in [2.45, 2.75) is 6.54 Å². The standard InChI is InChI=1S/C8H8N4O5/c13-6(12-1-2-17-8(12)16)4-11-3-5(7(14)15)9-10-11/h3H,1-2,4H2,(H,14,15). The summed E-state index contributed by atoms with van der Waals surface area (Å²) >= 11 is 0. The van der Waals surface area contributed by atoms with Crippen LogP contribution in [0.3, 0.4) is 0 Å². The number of amides is 2. The first-order valence-electron chi connectivity index (χ1n) is 4.68. The van der Waals surface area contributed by atoms with E-state index in [4.69, 9.17) is 5.11 Å². The summed E-state index contributed by atoms with van der Waals surface area (Å²) in [5.41, 5.74) is -0.262. The summed E-state index contributed by atoms with van der Waals surface area (Å²) in [6, 6.07) is 0. The molecule has 90 valence electrons. The van der Waals surface area contributed by atoms with Gasteiger partial charge in [-0.3, -0.25) is 4.79 Å². The molecule has 0 bridgehead atoms. The number of imide groups is 1. The number of aromatic nitrogens is 3. The number of carboxylic acids is 1. The fourth-order valence-corrected chi connectivity index (χ4v) is 1.32. The fraction of sp³-hybridized carbons (Fsp3) is 0.375. The molecule has 2 amide bonds. The SMILES string of the molecule is O=C(O)c1cn(CC(=O)N2CCOC2=O)nn1. The van der Waals surface area contributed by atoms with Gasteiger partial charge < -0.3 is 9.84 Å². The van der Waals surface area contributed by atoms with Gasteiger partial charge in [-0.1, -0.05) is 5.21 Å². The Balaban J connectivity index is 2.02. The average Bonchev–Trinajstić information content (AvgIpc) is 2.86. The third kappa shape index (κ3) is 2.22. The maximum atomic E-state index is 11.6. The molecule has 1 aliphatic rings. The highest BCUT2D eigenvalue weighted by atomic mass is 16.6. The minimum atomic E-state index is -1.23. The highest BCUT2D eigenvalue weighted by Gasteiger charge is 2.28. The van der Waals surface area contributed by atoms with E-state index >= 15 is 0 Å². The molecule has 1 aromatic rings. The fourth-order valence-electron chi connectivity index (χ4n) is 1.32. The van der Waals surface area contributed by atoms with Crippen molar-refractivity contribution < 1.29 is 24.2 Å². The Morgan fingerprint density at radius 2 is 2.29 bits per heavy atom. The summed E-state index contributed by atoms with van der Waals surface area (Å²) in [5.74, 6) is -1.75. The molecular formula is C8H8N4O5. The van der Waals surface area contributed by atoms with E-state index in [0.29, 0.717) is 0 Å². The van der Waals surface area contributed by atoms with Gasteiger partial charge in [-0.15, -0.1) is 5.10 Å². The third-order valence-electron chi connectivity index (χ3n) is 2.12. The zero-order valence-electron chi connectivity index (χ0n) is 8.57. The first-order valence-corrected chi connectivity index (χ1v) is 4.68. The molecule has 0 saturated carbocycles. The minimum absolute atomic E-state index is 0.169. The second kappa shape index (κ2) is 4.20. The van der Waals surface area contributed by atoms with Gasteiger partial charge in [0.25, 0.3) is 5.91 Å². The largest absolute Gasteiger partial charge is 0.476 e. The first-order chi connectivity index (χ1) is 8.08. The van der Waals surface area contributed by atoms with Crippen molar-refractivity contribution in [3.05, 3.63) is 11.9 Å². The smallest absolute Gasteiger partial charge is 0.416 e. The lowest BCUT2D eigenvalue weighted by atomic mass is 10.4. The molecular weight excluding hydrogens is 232 g/mol. The molecule has 1 aliphatic heterocycles. The van der Waals surface area contributed by atoms with Crippen LogP contribution in [0.2, 0.25) is 0 Å². The molecule has 2 heterocycles. The van der Waals surface area contributed by atoms with Crippen molar-refractivity contribution >= 4 is 18.0 Å². The van der Waals surface area contributed by atoms with Crippen LogP contribution >= 0.6 is 0 Å². The van der Waals surface area contributed by atoms with Crippen molar-refractivity contribution in [1.82, 2.24) is 19.9 Å². The van der Waals surface area contributed by atoms with Gasteiger partial charge in [0.05, 0.1) is 12.7 Å². The van der Waals surface area contributed by atoms with E-state index in [0.717, 1.165) is 15.8 Å². The van der Waals surface area contributed by atoms with Gasteiger partial charge in [-0.25, -0.2) is 19.2 Å². The number of carbonyl (C=O) groups is 3. The summed E-state index contributed by atoms with van der Waals surface area (Å²) in [6.45, 7) is 0.107. The highest BCUT2D eigenvalue weighted by molar-refractivity contribution is 5.92. The Hall–Kier alpha value is -2.45. The maximum Gasteiger partial charge on any atom is 0.416 e. The second-order valence-corrected chi connectivity index (χ2v) is 3.27. The number of carbonyl (C=O) groups excluding carboxylic acids is 2. The zero-order valence-corrected chi connectivity index (χ0v) is 8.57. The molecule has 9 nitrogen and oxygen atoms in total. The van der Waals surface area contributed by atoms with Gasteiger partial charge in [0.1, 0.15) is 13.2 Å². The van der Waals surface area contributed by atoms with Crippen LogP contribution in [0.4, 0.5) is 4.79 Å². The van der Waals surface area contributed by atoms with E-state index in [9.17, 15) is 14.4 Å². The molecule has 0 aliphatic carbocycles. The Labute approximate surface area is 94.6 Å². The molecule has 1 N–H and O–H groups in total. The molecule has 1 fully saturated rings. The lowest BCUT2D eigenvalue weighted by Gasteiger charge is -2.09. The molecule has 2 rings (SSSR count). The van der Waals surface area contributed by atoms with E-state index in [1.807, 2.05) is 0 Å². The van der Waals surface area contributed by atoms with E-state index in [1.54, 1.807) is 0 Å². The van der Waals surface area contributed by atoms with E-state index in [2.05, 4.69) is 15.0 Å². The number of aromatic carboxylic acids is 1. The normalized spacial score (nSPS) is 14.8. The summed E-state index contributed by atoms with van der Waals surface area (Å²) < 4.78 is 5.65. The second-order valence-electron chi connectivity index (χ2n) is 3.27. The van der Waals surface area contributed by atoms with Crippen molar-refractivity contribution in [1.29, 1.82) is 0 Å². The number of hydrogen-bond acceptors (Lipinski definition) is 6. The average molecular weight is 240 g/mol. The summed E-state index contributed by atoms with van der Waals surface area (Å²) in [6.07, 6.45) is 0.412. The maximum absolute atomic E-state index is 11.6. The predicted molar refractivity (Wildman–Crippen MR) is 50.0 cm³/mol. The number of rotatable bonds is 3. The molecule has 0 aromatic carbocycles. The monoisotopic (exact) mass is 240 g/mol. The first kappa shape index (κ1) is 11.0. The number of ether oxygens (including phenoxy) is 1. The third-order valence-corrected chi connectivity index (χ3v) is 2.12. The van der Waals surface area contributed by atoms with E-state index in [1.165, 1.54) is 0 Å². The predicted octanol–water partition coefficient (Wildman–Crippen LogP) is -1.04. The Kier molecular flexibility index (Phi) is 2.73.